The lowest BCUT2D eigenvalue weighted by atomic mass is 9.75. The molecule has 1 rings (SSSR count). The van der Waals surface area contributed by atoms with E-state index in [1.165, 1.54) is 12.8 Å². The minimum absolute atomic E-state index is 0.0647. The van der Waals surface area contributed by atoms with Crippen LogP contribution in [0.25, 0.3) is 0 Å². The molecule has 0 amide bonds. The fourth-order valence-corrected chi connectivity index (χ4v) is 2.74. The maximum absolute atomic E-state index is 6.06. The van der Waals surface area contributed by atoms with Gasteiger partial charge in [-0.1, -0.05) is 19.8 Å². The summed E-state index contributed by atoms with van der Waals surface area (Å²) < 4.78 is 6.06. The molecule has 17 heavy (non-hydrogen) atoms. The minimum Gasteiger partial charge on any atom is -0.373 e. The van der Waals surface area contributed by atoms with Gasteiger partial charge in [0, 0.05) is 6.61 Å². The van der Waals surface area contributed by atoms with Crippen LogP contribution in [0, 0.1) is 18.3 Å². The second-order valence-electron chi connectivity index (χ2n) is 5.23. The lowest BCUT2D eigenvalue weighted by Gasteiger charge is -2.43. The van der Waals surface area contributed by atoms with Gasteiger partial charge in [0.1, 0.15) is 0 Å². The second kappa shape index (κ2) is 7.03. The fourth-order valence-electron chi connectivity index (χ4n) is 2.74. The normalized spacial score (nSPS) is 30.8. The van der Waals surface area contributed by atoms with E-state index >= 15 is 0 Å². The number of hydrogen-bond donors (Lipinski definition) is 1. The van der Waals surface area contributed by atoms with Crippen LogP contribution < -0.4 is 5.32 Å². The Labute approximate surface area is 107 Å². The highest BCUT2D eigenvalue weighted by Gasteiger charge is 2.41. The van der Waals surface area contributed by atoms with Crippen LogP contribution in [0.4, 0.5) is 0 Å². The Morgan fingerprint density at radius 1 is 1.41 bits per heavy atom. The van der Waals surface area contributed by atoms with Crippen molar-refractivity contribution in [1.29, 1.82) is 0 Å². The molecular weight excluding hydrogens is 210 g/mol. The second-order valence-corrected chi connectivity index (χ2v) is 5.23. The van der Waals surface area contributed by atoms with Crippen LogP contribution in [0.5, 0.6) is 0 Å². The maximum Gasteiger partial charge on any atom is 0.0981 e. The molecule has 0 aliphatic heterocycles. The molecule has 0 aromatic carbocycles. The van der Waals surface area contributed by atoms with Crippen LogP contribution in [0.3, 0.4) is 0 Å². The number of nitrogens with one attached hydrogen (secondary N) is 1. The first kappa shape index (κ1) is 14.5. The van der Waals surface area contributed by atoms with Crippen molar-refractivity contribution in [2.75, 3.05) is 13.2 Å². The van der Waals surface area contributed by atoms with E-state index in [0.717, 1.165) is 38.3 Å². The molecule has 2 nitrogen and oxygen atoms in total. The number of hydrogen-bond acceptors (Lipinski definition) is 2. The molecule has 0 heterocycles. The summed E-state index contributed by atoms with van der Waals surface area (Å²) in [5.74, 6) is 3.72. The Morgan fingerprint density at radius 2 is 2.06 bits per heavy atom. The largest absolute Gasteiger partial charge is 0.373 e. The summed E-state index contributed by atoms with van der Waals surface area (Å²) in [6.45, 7) is 8.27. The first-order chi connectivity index (χ1) is 8.18. The lowest BCUT2D eigenvalue weighted by molar-refractivity contribution is -0.0842. The zero-order valence-electron chi connectivity index (χ0n) is 11.6. The van der Waals surface area contributed by atoms with Gasteiger partial charge in [0.15, 0.2) is 0 Å². The molecule has 0 radical (unpaired) electrons. The summed E-state index contributed by atoms with van der Waals surface area (Å²) in [7, 11) is 0. The van der Waals surface area contributed by atoms with Crippen molar-refractivity contribution in [3.8, 4) is 12.3 Å². The van der Waals surface area contributed by atoms with Crippen molar-refractivity contribution < 1.29 is 4.74 Å². The van der Waals surface area contributed by atoms with Gasteiger partial charge in [0.05, 0.1) is 11.6 Å². The van der Waals surface area contributed by atoms with Crippen LogP contribution in [0.15, 0.2) is 0 Å². The number of terminal acetylenes is 1. The Morgan fingerprint density at radius 3 is 2.53 bits per heavy atom. The van der Waals surface area contributed by atoms with Gasteiger partial charge in [-0.2, -0.15) is 0 Å². The summed E-state index contributed by atoms with van der Waals surface area (Å²) >= 11 is 0. The maximum atomic E-state index is 6.06. The van der Waals surface area contributed by atoms with E-state index in [2.05, 4.69) is 32.0 Å². The quantitative estimate of drug-likeness (QED) is 0.717. The molecule has 0 aromatic rings. The molecule has 1 saturated carbocycles. The van der Waals surface area contributed by atoms with Crippen molar-refractivity contribution in [2.24, 2.45) is 5.92 Å². The summed E-state index contributed by atoms with van der Waals surface area (Å²) in [5.41, 5.74) is -0.120. The van der Waals surface area contributed by atoms with E-state index in [1.54, 1.807) is 0 Å². The van der Waals surface area contributed by atoms with Gasteiger partial charge >= 0.3 is 0 Å². The van der Waals surface area contributed by atoms with Crippen LogP contribution >= 0.6 is 0 Å². The van der Waals surface area contributed by atoms with Gasteiger partial charge in [-0.25, -0.2) is 0 Å². The van der Waals surface area contributed by atoms with E-state index in [1.807, 2.05) is 0 Å². The molecule has 0 bridgehead atoms. The molecule has 98 valence electrons. The van der Waals surface area contributed by atoms with Gasteiger partial charge in [0.2, 0.25) is 0 Å². The van der Waals surface area contributed by atoms with E-state index in [-0.39, 0.29) is 11.6 Å². The standard InChI is InChI=1S/C15H27NO/c1-5-12-16-14(6-2)15(17-7-3)10-8-13(4)9-11-15/h2,13-14,16H,5,7-12H2,1,3-4H3. The van der Waals surface area contributed by atoms with Crippen LogP contribution in [-0.4, -0.2) is 24.8 Å². The summed E-state index contributed by atoms with van der Waals surface area (Å²) in [4.78, 5) is 0. The van der Waals surface area contributed by atoms with Gasteiger partial charge < -0.3 is 10.1 Å². The highest BCUT2D eigenvalue weighted by Crippen LogP contribution is 2.37. The van der Waals surface area contributed by atoms with Crippen molar-refractivity contribution in [1.82, 2.24) is 5.32 Å². The molecule has 1 aliphatic carbocycles. The molecule has 1 fully saturated rings. The molecule has 0 saturated heterocycles. The number of ether oxygens (including phenoxy) is 1. The van der Waals surface area contributed by atoms with E-state index in [4.69, 9.17) is 11.2 Å². The predicted octanol–water partition coefficient (Wildman–Crippen LogP) is 2.97. The van der Waals surface area contributed by atoms with Crippen molar-refractivity contribution >= 4 is 0 Å². The topological polar surface area (TPSA) is 21.3 Å². The van der Waals surface area contributed by atoms with Crippen molar-refractivity contribution in [3.63, 3.8) is 0 Å². The Balaban J connectivity index is 2.71. The van der Waals surface area contributed by atoms with Gasteiger partial charge in [-0.3, -0.25) is 0 Å². The van der Waals surface area contributed by atoms with E-state index < -0.39 is 0 Å². The van der Waals surface area contributed by atoms with Gasteiger partial charge in [0.25, 0.3) is 0 Å². The zero-order valence-corrected chi connectivity index (χ0v) is 11.6. The Hall–Kier alpha value is -0.520. The molecule has 0 spiro atoms. The zero-order chi connectivity index (χ0) is 12.7. The van der Waals surface area contributed by atoms with Gasteiger partial charge in [-0.15, -0.1) is 6.42 Å². The molecule has 1 unspecified atom stereocenters. The molecule has 1 atom stereocenters. The monoisotopic (exact) mass is 237 g/mol. The van der Waals surface area contributed by atoms with Gasteiger partial charge in [-0.05, 0) is 51.5 Å². The smallest absolute Gasteiger partial charge is 0.0981 e. The number of rotatable bonds is 6. The summed E-state index contributed by atoms with van der Waals surface area (Å²) in [6, 6.07) is 0.0647. The Kier molecular flexibility index (Phi) is 6.02. The molecular formula is C15H27NO. The van der Waals surface area contributed by atoms with E-state index in [0.29, 0.717) is 0 Å². The lowest BCUT2D eigenvalue weighted by Crippen LogP contribution is -2.53. The summed E-state index contributed by atoms with van der Waals surface area (Å²) in [5, 5.41) is 3.47. The molecule has 0 aromatic heterocycles. The molecule has 1 aliphatic rings. The van der Waals surface area contributed by atoms with Crippen molar-refractivity contribution in [3.05, 3.63) is 0 Å². The summed E-state index contributed by atoms with van der Waals surface area (Å²) in [6.07, 6.45) is 11.4. The first-order valence-corrected chi connectivity index (χ1v) is 7.02. The third kappa shape index (κ3) is 3.72. The van der Waals surface area contributed by atoms with Crippen LogP contribution in [0.1, 0.15) is 52.9 Å². The SMILES string of the molecule is C#CC(NCCC)C1(OCC)CCC(C)CC1. The third-order valence-corrected chi connectivity index (χ3v) is 3.84. The average molecular weight is 237 g/mol. The first-order valence-electron chi connectivity index (χ1n) is 7.02. The predicted molar refractivity (Wildman–Crippen MR) is 72.9 cm³/mol. The molecule has 1 N–H and O–H groups in total. The highest BCUT2D eigenvalue weighted by molar-refractivity contribution is 5.11. The average Bonchev–Trinajstić information content (AvgIpc) is 2.34. The van der Waals surface area contributed by atoms with Crippen LogP contribution in [-0.2, 0) is 4.74 Å². The molecule has 2 heteroatoms. The Bertz CT molecular complexity index is 248. The third-order valence-electron chi connectivity index (χ3n) is 3.84. The minimum atomic E-state index is -0.120. The highest BCUT2D eigenvalue weighted by atomic mass is 16.5. The van der Waals surface area contributed by atoms with Crippen molar-refractivity contribution in [2.45, 2.75) is 64.5 Å². The van der Waals surface area contributed by atoms with E-state index in [9.17, 15) is 0 Å². The van der Waals surface area contributed by atoms with Crippen LogP contribution in [0.2, 0.25) is 0 Å². The fraction of sp³-hybridized carbons (Fsp3) is 0.867.